The maximum absolute atomic E-state index is 11.9. The van der Waals surface area contributed by atoms with Gasteiger partial charge in [0.25, 0.3) is 5.24 Å². The summed E-state index contributed by atoms with van der Waals surface area (Å²) in [5, 5.41) is -1.70. The molecule has 0 aliphatic heterocycles. The first-order valence-corrected chi connectivity index (χ1v) is 4.17. The first-order chi connectivity index (χ1) is 6.81. The van der Waals surface area contributed by atoms with Crippen molar-refractivity contribution in [3.8, 4) is 5.75 Å². The molecule has 0 aliphatic rings. The predicted molar refractivity (Wildman–Crippen MR) is 46.1 cm³/mol. The molecule has 0 unspecified atom stereocenters. The molecule has 1 aromatic heterocycles. The van der Waals surface area contributed by atoms with Gasteiger partial charge in [0.1, 0.15) is 0 Å². The van der Waals surface area contributed by atoms with Gasteiger partial charge >= 0.3 is 6.36 Å². The summed E-state index contributed by atoms with van der Waals surface area (Å²) in [6.07, 6.45) is -3.92. The molecule has 0 radical (unpaired) electrons. The molecule has 1 rings (SSSR count). The Bertz CT molecular complexity index is 394. The Hall–Kier alpha value is -1.01. The minimum Gasteiger partial charge on any atom is -0.402 e. The van der Waals surface area contributed by atoms with Crippen molar-refractivity contribution in [2.75, 3.05) is 0 Å². The van der Waals surface area contributed by atoms with Gasteiger partial charge in [-0.2, -0.15) is 0 Å². The zero-order valence-electron chi connectivity index (χ0n) is 6.81. The fraction of sp³-hybridized carbons (Fsp3) is 0.143. The molecule has 0 spiro atoms. The van der Waals surface area contributed by atoms with E-state index >= 15 is 0 Å². The lowest BCUT2D eigenvalue weighted by Gasteiger charge is -2.11. The van der Waals surface area contributed by atoms with E-state index in [2.05, 4.69) is 9.72 Å². The molecule has 0 bridgehead atoms. The van der Waals surface area contributed by atoms with Crippen LogP contribution in [-0.2, 0) is 0 Å². The molecule has 15 heavy (non-hydrogen) atoms. The number of hydrogen-bond donors (Lipinski definition) is 0. The van der Waals surface area contributed by atoms with Crippen LogP contribution in [0.5, 0.6) is 5.75 Å². The van der Waals surface area contributed by atoms with Crippen molar-refractivity contribution in [1.82, 2.24) is 4.98 Å². The molecule has 0 atom stereocenters. The molecule has 0 aliphatic carbocycles. The minimum absolute atomic E-state index is 0.492. The van der Waals surface area contributed by atoms with Crippen molar-refractivity contribution in [2.24, 2.45) is 0 Å². The van der Waals surface area contributed by atoms with Gasteiger partial charge < -0.3 is 4.74 Å². The number of pyridine rings is 1. The molecule has 0 N–H and O–H groups in total. The van der Waals surface area contributed by atoms with E-state index in [9.17, 15) is 18.0 Å². The van der Waals surface area contributed by atoms with E-state index in [-0.39, 0.29) is 0 Å². The van der Waals surface area contributed by atoms with E-state index in [1.54, 1.807) is 0 Å². The SMILES string of the molecule is O=C(Cl)c1ccnc(Cl)c1OC(F)(F)F. The highest BCUT2D eigenvalue weighted by Crippen LogP contribution is 2.32. The summed E-state index contributed by atoms with van der Waals surface area (Å²) in [5.74, 6) is -0.897. The van der Waals surface area contributed by atoms with E-state index in [4.69, 9.17) is 23.2 Å². The summed E-state index contributed by atoms with van der Waals surface area (Å²) in [6.45, 7) is 0. The Balaban J connectivity index is 3.19. The number of rotatable bonds is 2. The van der Waals surface area contributed by atoms with E-state index in [1.165, 1.54) is 0 Å². The third-order valence-corrected chi connectivity index (χ3v) is 1.76. The van der Waals surface area contributed by atoms with Crippen molar-refractivity contribution in [1.29, 1.82) is 0 Å². The summed E-state index contributed by atoms with van der Waals surface area (Å²) in [6, 6.07) is 0.974. The molecule has 0 fully saturated rings. The predicted octanol–water partition coefficient (Wildman–Crippen LogP) is 3.01. The summed E-state index contributed by atoms with van der Waals surface area (Å²) < 4.78 is 39.2. The van der Waals surface area contributed by atoms with Gasteiger partial charge in [0, 0.05) is 6.20 Å². The van der Waals surface area contributed by atoms with Crippen LogP contribution in [0.25, 0.3) is 0 Å². The number of hydrogen-bond acceptors (Lipinski definition) is 3. The third-order valence-electron chi connectivity index (χ3n) is 1.29. The lowest BCUT2D eigenvalue weighted by atomic mass is 10.3. The van der Waals surface area contributed by atoms with Gasteiger partial charge in [-0.15, -0.1) is 13.2 Å². The third kappa shape index (κ3) is 3.24. The highest BCUT2D eigenvalue weighted by molar-refractivity contribution is 6.68. The first-order valence-electron chi connectivity index (χ1n) is 3.41. The Morgan fingerprint density at radius 1 is 1.47 bits per heavy atom. The molecule has 0 amide bonds. The molecular formula is C7H2Cl2F3NO2. The zero-order valence-corrected chi connectivity index (χ0v) is 8.32. The number of alkyl halides is 3. The second-order valence-corrected chi connectivity index (χ2v) is 3.00. The minimum atomic E-state index is -4.96. The molecule has 82 valence electrons. The largest absolute Gasteiger partial charge is 0.573 e. The number of carbonyl (C=O) groups is 1. The van der Waals surface area contributed by atoms with Crippen LogP contribution in [0.15, 0.2) is 12.3 Å². The zero-order chi connectivity index (χ0) is 11.6. The van der Waals surface area contributed by atoms with Gasteiger partial charge in [-0.05, 0) is 17.7 Å². The van der Waals surface area contributed by atoms with E-state index in [1.807, 2.05) is 0 Å². The molecule has 1 heterocycles. The van der Waals surface area contributed by atoms with Crippen LogP contribution in [0.2, 0.25) is 5.15 Å². The van der Waals surface area contributed by atoms with Crippen molar-refractivity contribution >= 4 is 28.4 Å². The van der Waals surface area contributed by atoms with Gasteiger partial charge in [-0.25, -0.2) is 4.98 Å². The second kappa shape index (κ2) is 4.24. The summed E-state index contributed by atoms with van der Waals surface area (Å²) in [4.78, 5) is 14.1. The Labute approximate surface area is 91.8 Å². The number of halogens is 5. The molecule has 8 heteroatoms. The van der Waals surface area contributed by atoms with Crippen molar-refractivity contribution < 1.29 is 22.7 Å². The molecule has 3 nitrogen and oxygen atoms in total. The average molecular weight is 260 g/mol. The molecule has 1 aromatic rings. The number of ether oxygens (including phenoxy) is 1. The van der Waals surface area contributed by atoms with Crippen molar-refractivity contribution in [2.45, 2.75) is 6.36 Å². The quantitative estimate of drug-likeness (QED) is 0.606. The van der Waals surface area contributed by atoms with Crippen LogP contribution in [-0.4, -0.2) is 16.6 Å². The van der Waals surface area contributed by atoms with Gasteiger partial charge in [0.05, 0.1) is 5.56 Å². The maximum atomic E-state index is 11.9. The van der Waals surface area contributed by atoms with Crippen LogP contribution in [0.1, 0.15) is 10.4 Å². The second-order valence-electron chi connectivity index (χ2n) is 2.30. The Morgan fingerprint density at radius 2 is 2.07 bits per heavy atom. The van der Waals surface area contributed by atoms with Crippen molar-refractivity contribution in [3.63, 3.8) is 0 Å². The van der Waals surface area contributed by atoms with Crippen LogP contribution < -0.4 is 4.74 Å². The average Bonchev–Trinajstić information content (AvgIpc) is 2.05. The van der Waals surface area contributed by atoms with Gasteiger partial charge in [-0.3, -0.25) is 4.79 Å². The number of carbonyl (C=O) groups excluding carboxylic acids is 1. The Kier molecular flexibility index (Phi) is 3.41. The van der Waals surface area contributed by atoms with E-state index in [0.29, 0.717) is 0 Å². The highest BCUT2D eigenvalue weighted by Gasteiger charge is 2.34. The van der Waals surface area contributed by atoms with Gasteiger partial charge in [0.15, 0.2) is 10.9 Å². The summed E-state index contributed by atoms with van der Waals surface area (Å²) in [5.41, 5.74) is -0.492. The first kappa shape index (κ1) is 12.1. The maximum Gasteiger partial charge on any atom is 0.573 e. The monoisotopic (exact) mass is 259 g/mol. The fourth-order valence-electron chi connectivity index (χ4n) is 0.790. The normalized spacial score (nSPS) is 11.3. The lowest BCUT2D eigenvalue weighted by molar-refractivity contribution is -0.274. The van der Waals surface area contributed by atoms with Gasteiger partial charge in [-0.1, -0.05) is 11.6 Å². The van der Waals surface area contributed by atoms with Gasteiger partial charge in [0.2, 0.25) is 0 Å². The number of aromatic nitrogens is 1. The molecule has 0 saturated carbocycles. The molecular weight excluding hydrogens is 258 g/mol. The molecule has 0 aromatic carbocycles. The Morgan fingerprint density at radius 3 is 2.53 bits per heavy atom. The molecule has 0 saturated heterocycles. The van der Waals surface area contributed by atoms with Crippen molar-refractivity contribution in [3.05, 3.63) is 23.0 Å². The van der Waals surface area contributed by atoms with E-state index in [0.717, 1.165) is 12.3 Å². The fourth-order valence-corrected chi connectivity index (χ4v) is 1.14. The van der Waals surface area contributed by atoms with E-state index < -0.39 is 28.1 Å². The van der Waals surface area contributed by atoms with Crippen LogP contribution in [0.4, 0.5) is 13.2 Å². The summed E-state index contributed by atoms with van der Waals surface area (Å²) in [7, 11) is 0. The van der Waals surface area contributed by atoms with Crippen LogP contribution >= 0.6 is 23.2 Å². The smallest absolute Gasteiger partial charge is 0.402 e. The summed E-state index contributed by atoms with van der Waals surface area (Å²) >= 11 is 10.4. The van der Waals surface area contributed by atoms with Crippen LogP contribution in [0, 0.1) is 0 Å². The van der Waals surface area contributed by atoms with Crippen LogP contribution in [0.3, 0.4) is 0 Å². The lowest BCUT2D eigenvalue weighted by Crippen LogP contribution is -2.19. The highest BCUT2D eigenvalue weighted by atomic mass is 35.5. The topological polar surface area (TPSA) is 39.2 Å². The standard InChI is InChI=1S/C7H2Cl2F3NO2/c8-5-4(15-7(10,11)12)3(6(9)14)1-2-13-5/h1-2H. The number of nitrogens with zero attached hydrogens (tertiary/aromatic N) is 1.